The van der Waals surface area contributed by atoms with E-state index in [1.54, 1.807) is 6.08 Å². The summed E-state index contributed by atoms with van der Waals surface area (Å²) in [4.78, 5) is 11.6. The molecule has 2 atom stereocenters. The van der Waals surface area contributed by atoms with Gasteiger partial charge in [0.1, 0.15) is 0 Å². The lowest BCUT2D eigenvalue weighted by Crippen LogP contribution is -2.12. The molecule has 1 heterocycles. The number of allylic oxidation sites excluding steroid dienone is 2. The highest BCUT2D eigenvalue weighted by molar-refractivity contribution is 5.89. The summed E-state index contributed by atoms with van der Waals surface area (Å²) in [6.07, 6.45) is 9.13. The van der Waals surface area contributed by atoms with Crippen molar-refractivity contribution in [3.63, 3.8) is 0 Å². The Balaban J connectivity index is 2.04. The molecular weight excluding hydrogens is 200 g/mol. The summed E-state index contributed by atoms with van der Waals surface area (Å²) in [6.45, 7) is 6.57. The topological polar surface area (TPSA) is 29.6 Å². The highest BCUT2D eigenvalue weighted by atomic mass is 16.6. The molecule has 1 fully saturated rings. The summed E-state index contributed by atoms with van der Waals surface area (Å²) >= 11 is 0. The van der Waals surface area contributed by atoms with Gasteiger partial charge >= 0.3 is 0 Å². The van der Waals surface area contributed by atoms with Crippen LogP contribution in [0.4, 0.5) is 0 Å². The van der Waals surface area contributed by atoms with E-state index in [1.807, 2.05) is 0 Å². The lowest BCUT2D eigenvalue weighted by Gasteiger charge is -2.20. The summed E-state index contributed by atoms with van der Waals surface area (Å²) < 4.78 is 5.72. The zero-order valence-electron chi connectivity index (χ0n) is 10.6. The third-order valence-electron chi connectivity index (χ3n) is 3.90. The Morgan fingerprint density at radius 3 is 2.81 bits per heavy atom. The average molecular weight is 222 g/mol. The molecule has 0 radical (unpaired) electrons. The number of hydrogen-bond donors (Lipinski definition) is 0. The second-order valence-corrected chi connectivity index (χ2v) is 6.10. The third kappa shape index (κ3) is 2.73. The predicted molar refractivity (Wildman–Crippen MR) is 64.3 cm³/mol. The highest BCUT2D eigenvalue weighted by Gasteiger charge is 2.51. The fourth-order valence-corrected chi connectivity index (χ4v) is 2.53. The maximum Gasteiger partial charge on any atom is 0.155 e. The summed E-state index contributed by atoms with van der Waals surface area (Å²) in [7, 11) is 0. The lowest BCUT2D eigenvalue weighted by molar-refractivity contribution is -0.114. The van der Waals surface area contributed by atoms with E-state index < -0.39 is 0 Å². The van der Waals surface area contributed by atoms with Crippen LogP contribution in [0.5, 0.6) is 0 Å². The first-order chi connectivity index (χ1) is 7.41. The van der Waals surface area contributed by atoms with Crippen molar-refractivity contribution in [2.45, 2.75) is 64.6 Å². The number of carbonyl (C=O) groups is 1. The summed E-state index contributed by atoms with van der Waals surface area (Å²) in [6, 6.07) is 0. The fraction of sp³-hybridized carbons (Fsp3) is 0.786. The smallest absolute Gasteiger partial charge is 0.155 e. The van der Waals surface area contributed by atoms with Crippen molar-refractivity contribution in [1.82, 2.24) is 0 Å². The maximum absolute atomic E-state index is 11.6. The van der Waals surface area contributed by atoms with E-state index in [-0.39, 0.29) is 16.8 Å². The Morgan fingerprint density at radius 2 is 2.06 bits per heavy atom. The Labute approximate surface area is 98.1 Å². The van der Waals surface area contributed by atoms with E-state index in [4.69, 9.17) is 4.74 Å². The van der Waals surface area contributed by atoms with E-state index in [9.17, 15) is 4.79 Å². The van der Waals surface area contributed by atoms with Crippen molar-refractivity contribution in [2.24, 2.45) is 5.41 Å². The molecule has 16 heavy (non-hydrogen) atoms. The van der Waals surface area contributed by atoms with Crippen LogP contribution >= 0.6 is 0 Å². The number of ether oxygens (including phenoxy) is 1. The molecule has 1 aliphatic heterocycles. The quantitative estimate of drug-likeness (QED) is 0.589. The third-order valence-corrected chi connectivity index (χ3v) is 3.90. The maximum atomic E-state index is 11.6. The molecule has 0 amide bonds. The highest BCUT2D eigenvalue weighted by Crippen LogP contribution is 2.44. The van der Waals surface area contributed by atoms with Gasteiger partial charge in [0.25, 0.3) is 0 Å². The monoisotopic (exact) mass is 222 g/mol. The number of epoxide rings is 1. The van der Waals surface area contributed by atoms with Crippen LogP contribution < -0.4 is 0 Å². The molecule has 90 valence electrons. The molecular formula is C14H22O2. The largest absolute Gasteiger partial charge is 0.366 e. The Hall–Kier alpha value is -0.630. The molecule has 0 saturated carbocycles. The van der Waals surface area contributed by atoms with Crippen molar-refractivity contribution in [3.05, 3.63) is 12.2 Å². The number of fused-ring (bicyclic) bond motifs is 1. The lowest BCUT2D eigenvalue weighted by atomic mass is 9.85. The first-order valence-corrected chi connectivity index (χ1v) is 6.31. The normalized spacial score (nSPS) is 40.7. The molecule has 1 saturated heterocycles. The first-order valence-electron chi connectivity index (χ1n) is 6.31. The molecule has 0 bridgehead atoms. The summed E-state index contributed by atoms with van der Waals surface area (Å²) in [5.41, 5.74) is 0.210. The van der Waals surface area contributed by atoms with Gasteiger partial charge in [-0.05, 0) is 44.1 Å². The van der Waals surface area contributed by atoms with E-state index in [0.717, 1.165) is 19.3 Å². The van der Waals surface area contributed by atoms with Gasteiger partial charge in [-0.2, -0.15) is 0 Å². The number of carbonyl (C=O) groups excluding carboxylic acids is 1. The molecule has 0 aromatic heterocycles. The van der Waals surface area contributed by atoms with Gasteiger partial charge in [-0.3, -0.25) is 4.79 Å². The van der Waals surface area contributed by atoms with Crippen LogP contribution in [0, 0.1) is 5.41 Å². The van der Waals surface area contributed by atoms with Crippen LogP contribution in [-0.2, 0) is 9.53 Å². The number of ketones is 1. The Bertz CT molecular complexity index is 317. The average Bonchev–Trinajstić information content (AvgIpc) is 2.82. The Morgan fingerprint density at radius 1 is 1.31 bits per heavy atom. The van der Waals surface area contributed by atoms with E-state index >= 15 is 0 Å². The van der Waals surface area contributed by atoms with Crippen LogP contribution in [0.3, 0.4) is 0 Å². The molecule has 0 spiro atoms. The minimum Gasteiger partial charge on any atom is -0.366 e. The van der Waals surface area contributed by atoms with Gasteiger partial charge in [0, 0.05) is 6.42 Å². The summed E-state index contributed by atoms with van der Waals surface area (Å²) in [5.74, 6) is 0.243. The molecule has 0 aromatic carbocycles. The standard InChI is InChI=1S/C14H22O2/c1-13(2)8-4-9-14(3)12(16-14)6-5-11(15)7-10-13/h7,10,12H,4-6,8-9H2,1-3H3/b10-7+/t12-,14+/m1/s1. The van der Waals surface area contributed by atoms with Crippen LogP contribution in [0.2, 0.25) is 0 Å². The molecule has 0 aromatic rings. The van der Waals surface area contributed by atoms with E-state index in [2.05, 4.69) is 26.8 Å². The Kier molecular flexibility index (Phi) is 2.95. The number of hydrogen-bond acceptors (Lipinski definition) is 2. The van der Waals surface area contributed by atoms with Gasteiger partial charge < -0.3 is 4.74 Å². The van der Waals surface area contributed by atoms with Crippen molar-refractivity contribution in [3.8, 4) is 0 Å². The van der Waals surface area contributed by atoms with Gasteiger partial charge in [0.05, 0.1) is 11.7 Å². The molecule has 0 unspecified atom stereocenters. The van der Waals surface area contributed by atoms with Gasteiger partial charge in [0.2, 0.25) is 0 Å². The summed E-state index contributed by atoms with van der Waals surface area (Å²) in [5, 5.41) is 0. The zero-order valence-corrected chi connectivity index (χ0v) is 10.6. The minimum absolute atomic E-state index is 0.0701. The fourth-order valence-electron chi connectivity index (χ4n) is 2.53. The minimum atomic E-state index is 0.0701. The van der Waals surface area contributed by atoms with Crippen LogP contribution in [0.1, 0.15) is 52.9 Å². The molecule has 0 N–H and O–H groups in total. The first kappa shape index (κ1) is 11.8. The second kappa shape index (κ2) is 3.99. The van der Waals surface area contributed by atoms with E-state index in [0.29, 0.717) is 12.5 Å². The number of rotatable bonds is 0. The van der Waals surface area contributed by atoms with Crippen molar-refractivity contribution in [2.75, 3.05) is 0 Å². The van der Waals surface area contributed by atoms with E-state index in [1.165, 1.54) is 6.42 Å². The van der Waals surface area contributed by atoms with Gasteiger partial charge in [-0.1, -0.05) is 19.9 Å². The molecule has 2 heteroatoms. The molecule has 1 aliphatic carbocycles. The van der Waals surface area contributed by atoms with Gasteiger partial charge in [0.15, 0.2) is 5.78 Å². The van der Waals surface area contributed by atoms with Gasteiger partial charge in [-0.25, -0.2) is 0 Å². The molecule has 2 aliphatic rings. The zero-order chi connectivity index (χ0) is 11.8. The predicted octanol–water partition coefficient (Wildman–Crippen LogP) is 3.26. The van der Waals surface area contributed by atoms with Crippen molar-refractivity contribution < 1.29 is 9.53 Å². The SMILES string of the molecule is CC1(C)/C=C/C(=O)CC[C@H]2O[C@@]2(C)CCC1. The van der Waals surface area contributed by atoms with Crippen molar-refractivity contribution in [1.29, 1.82) is 0 Å². The molecule has 2 rings (SSSR count). The van der Waals surface area contributed by atoms with Gasteiger partial charge in [-0.15, -0.1) is 0 Å². The van der Waals surface area contributed by atoms with Crippen molar-refractivity contribution >= 4 is 5.78 Å². The van der Waals surface area contributed by atoms with Crippen LogP contribution in [0.25, 0.3) is 0 Å². The second-order valence-electron chi connectivity index (χ2n) is 6.10. The molecule has 2 nitrogen and oxygen atoms in total. The van der Waals surface area contributed by atoms with Crippen LogP contribution in [-0.4, -0.2) is 17.5 Å². The van der Waals surface area contributed by atoms with Crippen LogP contribution in [0.15, 0.2) is 12.2 Å².